The van der Waals surface area contributed by atoms with E-state index in [9.17, 15) is 14.7 Å². The van der Waals surface area contributed by atoms with E-state index in [1.807, 2.05) is 6.92 Å². The van der Waals surface area contributed by atoms with E-state index in [4.69, 9.17) is 0 Å². The van der Waals surface area contributed by atoms with E-state index in [2.05, 4.69) is 15.5 Å². The fourth-order valence-corrected chi connectivity index (χ4v) is 1.95. The highest BCUT2D eigenvalue weighted by Gasteiger charge is 2.48. The molecule has 1 aromatic rings. The Morgan fingerprint density at radius 1 is 1.61 bits per heavy atom. The number of aryl methyl sites for hydroxylation is 1. The van der Waals surface area contributed by atoms with Gasteiger partial charge in [0.2, 0.25) is 0 Å². The Hall–Kier alpha value is -1.85. The summed E-state index contributed by atoms with van der Waals surface area (Å²) in [6, 6.07) is 1.64. The average Bonchev–Trinajstić information content (AvgIpc) is 3.07. The summed E-state index contributed by atoms with van der Waals surface area (Å²) in [5.41, 5.74) is -0.105. The molecular formula is C12H17N3O3. The van der Waals surface area contributed by atoms with Crippen LogP contribution in [0.3, 0.4) is 0 Å². The number of carboxylic acid groups (broad SMARTS) is 1. The molecule has 0 unspecified atom stereocenters. The molecule has 6 nitrogen and oxygen atoms in total. The van der Waals surface area contributed by atoms with Gasteiger partial charge < -0.3 is 10.4 Å². The number of nitrogens with one attached hydrogen (secondary N) is 2. The first-order valence-corrected chi connectivity index (χ1v) is 6.07. The molecule has 0 saturated heterocycles. The largest absolute Gasteiger partial charge is 0.480 e. The van der Waals surface area contributed by atoms with Gasteiger partial charge in [-0.25, -0.2) is 4.79 Å². The number of hydrogen-bond acceptors (Lipinski definition) is 3. The molecule has 18 heavy (non-hydrogen) atoms. The Morgan fingerprint density at radius 3 is 2.72 bits per heavy atom. The van der Waals surface area contributed by atoms with Gasteiger partial charge in [0.05, 0.1) is 0 Å². The molecular weight excluding hydrogens is 234 g/mol. The smallest absolute Gasteiger partial charge is 0.329 e. The SMILES string of the molecule is CCc1cc(C(=O)N[C@@](C)(C(=O)O)C2CC2)n[nH]1. The second-order valence-electron chi connectivity index (χ2n) is 4.87. The molecule has 1 aliphatic rings. The second-order valence-corrected chi connectivity index (χ2v) is 4.87. The molecule has 0 aromatic carbocycles. The number of amides is 1. The highest BCUT2D eigenvalue weighted by molar-refractivity contribution is 5.96. The lowest BCUT2D eigenvalue weighted by molar-refractivity contribution is -0.144. The lowest BCUT2D eigenvalue weighted by atomic mass is 9.96. The first kappa shape index (κ1) is 12.6. The summed E-state index contributed by atoms with van der Waals surface area (Å²) in [5.74, 6) is -1.42. The van der Waals surface area contributed by atoms with Crippen molar-refractivity contribution >= 4 is 11.9 Å². The normalized spacial score (nSPS) is 18.1. The zero-order valence-electron chi connectivity index (χ0n) is 10.5. The van der Waals surface area contributed by atoms with Crippen LogP contribution >= 0.6 is 0 Å². The fraction of sp³-hybridized carbons (Fsp3) is 0.583. The van der Waals surface area contributed by atoms with Crippen molar-refractivity contribution in [2.24, 2.45) is 5.92 Å². The minimum absolute atomic E-state index is 0.0172. The summed E-state index contributed by atoms with van der Waals surface area (Å²) in [6.45, 7) is 3.50. The quantitative estimate of drug-likeness (QED) is 0.726. The van der Waals surface area contributed by atoms with Crippen molar-refractivity contribution in [2.75, 3.05) is 0 Å². The summed E-state index contributed by atoms with van der Waals surface area (Å²) in [5, 5.41) is 18.5. The maximum Gasteiger partial charge on any atom is 0.329 e. The number of H-pyrrole nitrogens is 1. The van der Waals surface area contributed by atoms with Crippen LogP contribution in [-0.2, 0) is 11.2 Å². The Kier molecular flexibility index (Phi) is 3.11. The summed E-state index contributed by atoms with van der Waals surface area (Å²) in [7, 11) is 0. The van der Waals surface area contributed by atoms with Crippen LogP contribution < -0.4 is 5.32 Å². The topological polar surface area (TPSA) is 95.1 Å². The highest BCUT2D eigenvalue weighted by atomic mass is 16.4. The number of aromatic nitrogens is 2. The molecule has 1 aliphatic carbocycles. The van der Waals surface area contributed by atoms with Gasteiger partial charge in [-0.3, -0.25) is 9.89 Å². The van der Waals surface area contributed by atoms with Crippen LogP contribution in [0.2, 0.25) is 0 Å². The lowest BCUT2D eigenvalue weighted by Crippen LogP contribution is -2.54. The standard InChI is InChI=1S/C12H17N3O3/c1-3-8-6-9(15-14-8)10(16)13-12(2,11(17)18)7-4-5-7/h6-7H,3-5H2,1-2H3,(H,13,16)(H,14,15)(H,17,18)/t12-/m1/s1. The molecule has 3 N–H and O–H groups in total. The Labute approximate surface area is 105 Å². The summed E-state index contributed by atoms with van der Waals surface area (Å²) in [4.78, 5) is 23.3. The second kappa shape index (κ2) is 4.44. The van der Waals surface area contributed by atoms with Crippen molar-refractivity contribution in [3.05, 3.63) is 17.5 Å². The number of aliphatic carboxylic acids is 1. The van der Waals surface area contributed by atoms with E-state index >= 15 is 0 Å². The fourth-order valence-electron chi connectivity index (χ4n) is 1.95. The number of nitrogens with zero attached hydrogens (tertiary/aromatic N) is 1. The summed E-state index contributed by atoms with van der Waals surface area (Å²) in [6.07, 6.45) is 2.42. The summed E-state index contributed by atoms with van der Waals surface area (Å²) >= 11 is 0. The molecule has 0 bridgehead atoms. The Morgan fingerprint density at radius 2 is 2.28 bits per heavy atom. The first-order chi connectivity index (χ1) is 8.47. The van der Waals surface area contributed by atoms with E-state index in [0.29, 0.717) is 0 Å². The van der Waals surface area contributed by atoms with E-state index in [1.165, 1.54) is 0 Å². The average molecular weight is 251 g/mol. The van der Waals surface area contributed by atoms with Gasteiger partial charge in [0, 0.05) is 5.69 Å². The Balaban J connectivity index is 2.12. The van der Waals surface area contributed by atoms with Crippen LogP contribution in [0, 0.1) is 5.92 Å². The molecule has 0 radical (unpaired) electrons. The predicted molar refractivity (Wildman–Crippen MR) is 64.2 cm³/mol. The molecule has 1 aromatic heterocycles. The van der Waals surface area contributed by atoms with Crippen LogP contribution in [0.5, 0.6) is 0 Å². The number of carbonyl (C=O) groups excluding carboxylic acids is 1. The van der Waals surface area contributed by atoms with E-state index < -0.39 is 17.4 Å². The number of carbonyl (C=O) groups is 2. The Bertz CT molecular complexity index is 479. The highest BCUT2D eigenvalue weighted by Crippen LogP contribution is 2.39. The van der Waals surface area contributed by atoms with E-state index in [-0.39, 0.29) is 11.6 Å². The molecule has 1 fully saturated rings. The van der Waals surface area contributed by atoms with Crippen LogP contribution in [0.1, 0.15) is 42.9 Å². The van der Waals surface area contributed by atoms with Gasteiger partial charge in [0.15, 0.2) is 0 Å². The third kappa shape index (κ3) is 2.23. The van der Waals surface area contributed by atoms with Gasteiger partial charge in [0.1, 0.15) is 11.2 Å². The van der Waals surface area contributed by atoms with Crippen LogP contribution in [0.4, 0.5) is 0 Å². The molecule has 1 atom stereocenters. The minimum Gasteiger partial charge on any atom is -0.480 e. The predicted octanol–water partition coefficient (Wildman–Crippen LogP) is 0.955. The maximum atomic E-state index is 12.0. The maximum absolute atomic E-state index is 12.0. The third-order valence-corrected chi connectivity index (χ3v) is 3.46. The van der Waals surface area contributed by atoms with Gasteiger partial charge in [-0.15, -0.1) is 0 Å². The molecule has 6 heteroatoms. The zero-order valence-corrected chi connectivity index (χ0v) is 10.5. The third-order valence-electron chi connectivity index (χ3n) is 3.46. The number of hydrogen-bond donors (Lipinski definition) is 3. The first-order valence-electron chi connectivity index (χ1n) is 6.07. The van der Waals surface area contributed by atoms with Crippen molar-refractivity contribution in [3.63, 3.8) is 0 Å². The molecule has 0 spiro atoms. The molecule has 1 saturated carbocycles. The lowest BCUT2D eigenvalue weighted by Gasteiger charge is -2.25. The van der Waals surface area contributed by atoms with Crippen molar-refractivity contribution in [1.29, 1.82) is 0 Å². The van der Waals surface area contributed by atoms with Crippen LogP contribution in [0.15, 0.2) is 6.07 Å². The van der Waals surface area contributed by atoms with Crippen molar-refractivity contribution in [3.8, 4) is 0 Å². The van der Waals surface area contributed by atoms with Crippen molar-refractivity contribution < 1.29 is 14.7 Å². The monoisotopic (exact) mass is 251 g/mol. The number of rotatable bonds is 5. The van der Waals surface area contributed by atoms with E-state index in [1.54, 1.807) is 13.0 Å². The van der Waals surface area contributed by atoms with E-state index in [0.717, 1.165) is 25.0 Å². The van der Waals surface area contributed by atoms with Gasteiger partial charge >= 0.3 is 5.97 Å². The van der Waals surface area contributed by atoms with Gasteiger partial charge in [-0.05, 0) is 38.2 Å². The van der Waals surface area contributed by atoms with Gasteiger partial charge in [-0.1, -0.05) is 6.92 Å². The molecule has 1 amide bonds. The van der Waals surface area contributed by atoms with Gasteiger partial charge in [-0.2, -0.15) is 5.10 Å². The molecule has 1 heterocycles. The number of aromatic amines is 1. The minimum atomic E-state index is -1.19. The van der Waals surface area contributed by atoms with Crippen LogP contribution in [0.25, 0.3) is 0 Å². The summed E-state index contributed by atoms with van der Waals surface area (Å²) < 4.78 is 0. The van der Waals surface area contributed by atoms with Crippen molar-refractivity contribution in [1.82, 2.24) is 15.5 Å². The zero-order chi connectivity index (χ0) is 13.3. The van der Waals surface area contributed by atoms with Crippen LogP contribution in [-0.4, -0.2) is 32.7 Å². The van der Waals surface area contributed by atoms with Gasteiger partial charge in [0.25, 0.3) is 5.91 Å². The molecule has 2 rings (SSSR count). The van der Waals surface area contributed by atoms with Crippen molar-refractivity contribution in [2.45, 2.75) is 38.6 Å². The molecule has 0 aliphatic heterocycles. The number of carboxylic acids is 1. The molecule has 98 valence electrons.